The molecule has 19 heavy (non-hydrogen) atoms. The van der Waals surface area contributed by atoms with Crippen LogP contribution >= 0.6 is 22.9 Å². The van der Waals surface area contributed by atoms with Gasteiger partial charge in [0.05, 0.1) is 5.02 Å². The van der Waals surface area contributed by atoms with Crippen LogP contribution in [0.1, 0.15) is 43.9 Å². The SMILES string of the molecule is CC1(NCc2sc3ccccc3c2Cl)CCCCC1. The zero-order valence-electron chi connectivity index (χ0n) is 11.3. The van der Waals surface area contributed by atoms with Gasteiger partial charge in [-0.3, -0.25) is 0 Å². The van der Waals surface area contributed by atoms with Crippen LogP contribution in [0.5, 0.6) is 0 Å². The van der Waals surface area contributed by atoms with E-state index in [0.29, 0.717) is 5.54 Å². The topological polar surface area (TPSA) is 12.0 Å². The highest BCUT2D eigenvalue weighted by Gasteiger charge is 2.26. The molecule has 0 aliphatic heterocycles. The molecule has 0 bridgehead atoms. The summed E-state index contributed by atoms with van der Waals surface area (Å²) >= 11 is 8.31. The van der Waals surface area contributed by atoms with Gasteiger partial charge in [0.25, 0.3) is 0 Å². The summed E-state index contributed by atoms with van der Waals surface area (Å²) in [6.45, 7) is 3.25. The molecular weight excluding hydrogens is 274 g/mol. The molecule has 1 aliphatic rings. The smallest absolute Gasteiger partial charge is 0.0636 e. The Morgan fingerprint density at radius 1 is 1.21 bits per heavy atom. The number of halogens is 1. The van der Waals surface area contributed by atoms with E-state index in [1.165, 1.54) is 47.1 Å². The number of benzene rings is 1. The van der Waals surface area contributed by atoms with Gasteiger partial charge in [0.15, 0.2) is 0 Å². The van der Waals surface area contributed by atoms with Crippen molar-refractivity contribution >= 4 is 33.0 Å². The number of hydrogen-bond acceptors (Lipinski definition) is 2. The van der Waals surface area contributed by atoms with Gasteiger partial charge in [-0.2, -0.15) is 0 Å². The third-order valence-electron chi connectivity index (χ3n) is 4.23. The molecule has 0 amide bonds. The highest BCUT2D eigenvalue weighted by atomic mass is 35.5. The summed E-state index contributed by atoms with van der Waals surface area (Å²) < 4.78 is 1.29. The van der Waals surface area contributed by atoms with E-state index in [1.54, 1.807) is 0 Å². The van der Waals surface area contributed by atoms with Crippen LogP contribution in [0.3, 0.4) is 0 Å². The third kappa shape index (κ3) is 2.81. The van der Waals surface area contributed by atoms with E-state index in [0.717, 1.165) is 11.6 Å². The van der Waals surface area contributed by atoms with Crippen LogP contribution in [0.25, 0.3) is 10.1 Å². The Hall–Kier alpha value is -0.570. The Labute approximate surface area is 124 Å². The predicted octanol–water partition coefficient (Wildman–Crippen LogP) is 5.37. The van der Waals surface area contributed by atoms with Gasteiger partial charge in [-0.25, -0.2) is 0 Å². The first-order chi connectivity index (χ1) is 9.18. The highest BCUT2D eigenvalue weighted by Crippen LogP contribution is 2.36. The van der Waals surface area contributed by atoms with Crippen molar-refractivity contribution < 1.29 is 0 Å². The van der Waals surface area contributed by atoms with Gasteiger partial charge in [-0.1, -0.05) is 49.1 Å². The van der Waals surface area contributed by atoms with E-state index >= 15 is 0 Å². The second-order valence-electron chi connectivity index (χ2n) is 5.81. The average molecular weight is 294 g/mol. The molecule has 1 N–H and O–H groups in total. The minimum Gasteiger partial charge on any atom is -0.307 e. The molecule has 2 aromatic rings. The van der Waals surface area contributed by atoms with Crippen molar-refractivity contribution in [1.82, 2.24) is 5.32 Å². The maximum Gasteiger partial charge on any atom is 0.0636 e. The fourth-order valence-electron chi connectivity index (χ4n) is 2.98. The Bertz CT molecular complexity index is 569. The number of thiophene rings is 1. The Kier molecular flexibility index (Phi) is 3.84. The molecule has 0 spiro atoms. The lowest BCUT2D eigenvalue weighted by Crippen LogP contribution is -2.43. The first-order valence-electron chi connectivity index (χ1n) is 7.09. The summed E-state index contributed by atoms with van der Waals surface area (Å²) in [5.41, 5.74) is 0.303. The molecule has 1 heterocycles. The number of nitrogens with one attached hydrogen (secondary N) is 1. The van der Waals surface area contributed by atoms with Gasteiger partial charge in [-0.15, -0.1) is 11.3 Å². The summed E-state index contributed by atoms with van der Waals surface area (Å²) in [6.07, 6.45) is 6.67. The lowest BCUT2D eigenvalue weighted by molar-refractivity contribution is 0.253. The van der Waals surface area contributed by atoms with Crippen molar-refractivity contribution in [3.8, 4) is 0 Å². The summed E-state index contributed by atoms with van der Waals surface area (Å²) in [7, 11) is 0. The number of fused-ring (bicyclic) bond motifs is 1. The second-order valence-corrected chi connectivity index (χ2v) is 7.32. The average Bonchev–Trinajstić information content (AvgIpc) is 2.75. The molecule has 0 radical (unpaired) electrons. The van der Waals surface area contributed by atoms with Crippen LogP contribution in [0, 0.1) is 0 Å². The number of rotatable bonds is 3. The Morgan fingerprint density at radius 2 is 1.95 bits per heavy atom. The standard InChI is InChI=1S/C16H20ClNS/c1-16(9-5-2-6-10-16)18-11-14-15(17)12-7-3-4-8-13(12)19-14/h3-4,7-8,18H,2,5-6,9-11H2,1H3. The molecule has 1 aliphatic carbocycles. The zero-order chi connectivity index (χ0) is 13.3. The van der Waals surface area contributed by atoms with Crippen LogP contribution in [0.2, 0.25) is 5.02 Å². The fourth-order valence-corrected chi connectivity index (χ4v) is 4.42. The van der Waals surface area contributed by atoms with Crippen LogP contribution in [0.4, 0.5) is 0 Å². The molecule has 102 valence electrons. The fraction of sp³-hybridized carbons (Fsp3) is 0.500. The molecule has 1 aromatic heterocycles. The lowest BCUT2D eigenvalue weighted by Gasteiger charge is -2.34. The maximum absolute atomic E-state index is 6.49. The van der Waals surface area contributed by atoms with E-state index in [-0.39, 0.29) is 0 Å². The van der Waals surface area contributed by atoms with E-state index in [4.69, 9.17) is 11.6 Å². The zero-order valence-corrected chi connectivity index (χ0v) is 12.9. The van der Waals surface area contributed by atoms with Crippen molar-refractivity contribution in [2.24, 2.45) is 0 Å². The predicted molar refractivity (Wildman–Crippen MR) is 85.2 cm³/mol. The monoisotopic (exact) mass is 293 g/mol. The summed E-state index contributed by atoms with van der Waals surface area (Å²) in [4.78, 5) is 1.27. The van der Waals surface area contributed by atoms with Crippen molar-refractivity contribution in [3.63, 3.8) is 0 Å². The molecule has 1 aromatic carbocycles. The van der Waals surface area contributed by atoms with Crippen LogP contribution in [0.15, 0.2) is 24.3 Å². The van der Waals surface area contributed by atoms with Gasteiger partial charge in [-0.05, 0) is 25.8 Å². The van der Waals surface area contributed by atoms with Crippen LogP contribution < -0.4 is 5.32 Å². The Balaban J connectivity index is 1.76. The third-order valence-corrected chi connectivity index (χ3v) is 5.95. The first kappa shape index (κ1) is 13.4. The van der Waals surface area contributed by atoms with Gasteiger partial charge >= 0.3 is 0 Å². The minimum atomic E-state index is 0.303. The number of hydrogen-bond donors (Lipinski definition) is 1. The van der Waals surface area contributed by atoms with E-state index < -0.39 is 0 Å². The molecule has 3 rings (SSSR count). The van der Waals surface area contributed by atoms with Crippen LogP contribution in [-0.2, 0) is 6.54 Å². The molecule has 1 saturated carbocycles. The maximum atomic E-state index is 6.49. The summed E-state index contributed by atoms with van der Waals surface area (Å²) in [5.74, 6) is 0. The van der Waals surface area contributed by atoms with Crippen LogP contribution in [-0.4, -0.2) is 5.54 Å². The Morgan fingerprint density at radius 3 is 2.68 bits per heavy atom. The van der Waals surface area contributed by atoms with E-state index in [2.05, 4.69) is 36.5 Å². The summed E-state index contributed by atoms with van der Waals surface area (Å²) in [6, 6.07) is 8.40. The van der Waals surface area contributed by atoms with E-state index in [9.17, 15) is 0 Å². The molecule has 1 fully saturated rings. The molecule has 0 atom stereocenters. The quantitative estimate of drug-likeness (QED) is 0.802. The van der Waals surface area contributed by atoms with Crippen molar-refractivity contribution in [2.45, 2.75) is 51.1 Å². The molecule has 0 saturated heterocycles. The molecule has 3 heteroatoms. The van der Waals surface area contributed by atoms with Gasteiger partial charge < -0.3 is 5.32 Å². The minimum absolute atomic E-state index is 0.303. The second kappa shape index (κ2) is 5.43. The van der Waals surface area contributed by atoms with Gasteiger partial charge in [0, 0.05) is 27.0 Å². The summed E-state index contributed by atoms with van der Waals surface area (Å²) in [5, 5.41) is 5.87. The van der Waals surface area contributed by atoms with E-state index in [1.807, 2.05) is 11.3 Å². The van der Waals surface area contributed by atoms with Crippen molar-refractivity contribution in [3.05, 3.63) is 34.2 Å². The van der Waals surface area contributed by atoms with Gasteiger partial charge in [0.1, 0.15) is 0 Å². The highest BCUT2D eigenvalue weighted by molar-refractivity contribution is 7.19. The lowest BCUT2D eigenvalue weighted by atomic mass is 9.83. The van der Waals surface area contributed by atoms with Gasteiger partial charge in [0.2, 0.25) is 0 Å². The molecule has 0 unspecified atom stereocenters. The largest absolute Gasteiger partial charge is 0.307 e. The molecular formula is C16H20ClNS. The van der Waals surface area contributed by atoms with Crippen molar-refractivity contribution in [1.29, 1.82) is 0 Å². The van der Waals surface area contributed by atoms with Crippen molar-refractivity contribution in [2.75, 3.05) is 0 Å². The normalized spacial score (nSPS) is 18.8. The first-order valence-corrected chi connectivity index (χ1v) is 8.28. The molecule has 1 nitrogen and oxygen atoms in total.